The molecule has 1 aromatic heterocycles. The Balaban J connectivity index is 2.29. The van der Waals surface area contributed by atoms with Crippen LogP contribution >= 0.6 is 0 Å². The van der Waals surface area contributed by atoms with Crippen molar-refractivity contribution in [1.29, 1.82) is 0 Å². The number of aldehydes is 1. The molecule has 0 fully saturated rings. The number of furan rings is 1. The third-order valence-corrected chi connectivity index (χ3v) is 2.81. The Labute approximate surface area is 94.9 Å². The SMILES string of the molecule is CC(C=O)(Cc1ccco1)c1ccccc1. The molecule has 0 spiro atoms. The average molecular weight is 214 g/mol. The highest BCUT2D eigenvalue weighted by Gasteiger charge is 2.27. The molecule has 1 atom stereocenters. The van der Waals surface area contributed by atoms with Crippen LogP contribution in [0, 0.1) is 0 Å². The van der Waals surface area contributed by atoms with Crippen molar-refractivity contribution in [2.24, 2.45) is 0 Å². The van der Waals surface area contributed by atoms with E-state index >= 15 is 0 Å². The fourth-order valence-corrected chi connectivity index (χ4v) is 1.81. The van der Waals surface area contributed by atoms with Gasteiger partial charge in [0.25, 0.3) is 0 Å². The second kappa shape index (κ2) is 4.35. The van der Waals surface area contributed by atoms with E-state index in [1.54, 1.807) is 6.26 Å². The summed E-state index contributed by atoms with van der Waals surface area (Å²) >= 11 is 0. The topological polar surface area (TPSA) is 30.2 Å². The van der Waals surface area contributed by atoms with Gasteiger partial charge >= 0.3 is 0 Å². The molecule has 2 aromatic rings. The molecule has 0 aliphatic rings. The summed E-state index contributed by atoms with van der Waals surface area (Å²) in [4.78, 5) is 11.3. The first-order valence-corrected chi connectivity index (χ1v) is 5.29. The minimum absolute atomic E-state index is 0.515. The Morgan fingerprint density at radius 3 is 2.50 bits per heavy atom. The Morgan fingerprint density at radius 2 is 1.94 bits per heavy atom. The zero-order valence-electron chi connectivity index (χ0n) is 9.22. The minimum Gasteiger partial charge on any atom is -0.469 e. The first-order chi connectivity index (χ1) is 7.74. The van der Waals surface area contributed by atoms with Crippen LogP contribution in [0.15, 0.2) is 53.1 Å². The Bertz CT molecular complexity index is 445. The van der Waals surface area contributed by atoms with Crippen LogP contribution in [0.1, 0.15) is 18.2 Å². The van der Waals surface area contributed by atoms with E-state index in [9.17, 15) is 4.79 Å². The number of hydrogen-bond donors (Lipinski definition) is 0. The summed E-state index contributed by atoms with van der Waals surface area (Å²) in [6, 6.07) is 13.5. The van der Waals surface area contributed by atoms with Gasteiger partial charge in [-0.2, -0.15) is 0 Å². The molecule has 0 aliphatic carbocycles. The molecular formula is C14H14O2. The van der Waals surface area contributed by atoms with Crippen molar-refractivity contribution in [3.8, 4) is 0 Å². The lowest BCUT2D eigenvalue weighted by molar-refractivity contribution is -0.112. The zero-order chi connectivity index (χ0) is 11.4. The van der Waals surface area contributed by atoms with Crippen molar-refractivity contribution in [3.63, 3.8) is 0 Å². The zero-order valence-corrected chi connectivity index (χ0v) is 9.22. The van der Waals surface area contributed by atoms with Crippen LogP contribution in [0.3, 0.4) is 0 Å². The largest absolute Gasteiger partial charge is 0.469 e. The van der Waals surface area contributed by atoms with E-state index in [-0.39, 0.29) is 0 Å². The van der Waals surface area contributed by atoms with Crippen LogP contribution in [0.2, 0.25) is 0 Å². The van der Waals surface area contributed by atoms with Gasteiger partial charge < -0.3 is 9.21 Å². The summed E-state index contributed by atoms with van der Waals surface area (Å²) < 4.78 is 5.29. The van der Waals surface area contributed by atoms with Gasteiger partial charge in [-0.15, -0.1) is 0 Å². The van der Waals surface area contributed by atoms with E-state index in [0.717, 1.165) is 17.6 Å². The number of carbonyl (C=O) groups excluding carboxylic acids is 1. The lowest BCUT2D eigenvalue weighted by Crippen LogP contribution is -2.26. The van der Waals surface area contributed by atoms with Crippen molar-refractivity contribution in [2.75, 3.05) is 0 Å². The number of hydrogen-bond acceptors (Lipinski definition) is 2. The molecular weight excluding hydrogens is 200 g/mol. The summed E-state index contributed by atoms with van der Waals surface area (Å²) in [5, 5.41) is 0. The first kappa shape index (κ1) is 10.7. The standard InChI is InChI=1S/C14H14O2/c1-14(11-15,10-13-8-5-9-16-13)12-6-3-2-4-7-12/h2-9,11H,10H2,1H3. The van der Waals surface area contributed by atoms with E-state index in [1.807, 2.05) is 49.4 Å². The molecule has 0 radical (unpaired) electrons. The Hall–Kier alpha value is -1.83. The van der Waals surface area contributed by atoms with Crippen molar-refractivity contribution in [2.45, 2.75) is 18.8 Å². The molecule has 0 N–H and O–H groups in total. The van der Waals surface area contributed by atoms with E-state index in [4.69, 9.17) is 4.42 Å². The van der Waals surface area contributed by atoms with Crippen molar-refractivity contribution >= 4 is 6.29 Å². The van der Waals surface area contributed by atoms with Crippen LogP contribution in [0.25, 0.3) is 0 Å². The molecule has 2 nitrogen and oxygen atoms in total. The molecule has 0 saturated carbocycles. The summed E-state index contributed by atoms with van der Waals surface area (Å²) in [5.74, 6) is 0.832. The highest BCUT2D eigenvalue weighted by atomic mass is 16.3. The van der Waals surface area contributed by atoms with E-state index in [0.29, 0.717) is 6.42 Å². The Morgan fingerprint density at radius 1 is 1.19 bits per heavy atom. The molecule has 0 saturated heterocycles. The van der Waals surface area contributed by atoms with Crippen molar-refractivity contribution in [3.05, 3.63) is 60.1 Å². The average Bonchev–Trinajstić information content (AvgIpc) is 2.83. The van der Waals surface area contributed by atoms with Gasteiger partial charge in [0.2, 0.25) is 0 Å². The van der Waals surface area contributed by atoms with Gasteiger partial charge in [-0.05, 0) is 24.6 Å². The van der Waals surface area contributed by atoms with Gasteiger partial charge in [0.1, 0.15) is 12.0 Å². The summed E-state index contributed by atoms with van der Waals surface area (Å²) in [7, 11) is 0. The summed E-state index contributed by atoms with van der Waals surface area (Å²) in [5.41, 5.74) is 0.500. The normalized spacial score (nSPS) is 14.3. The molecule has 1 heterocycles. The lowest BCUT2D eigenvalue weighted by Gasteiger charge is -2.22. The van der Waals surface area contributed by atoms with Gasteiger partial charge in [0.05, 0.1) is 11.7 Å². The Kier molecular flexibility index (Phi) is 2.91. The molecule has 1 unspecified atom stereocenters. The van der Waals surface area contributed by atoms with Gasteiger partial charge in [-0.3, -0.25) is 0 Å². The van der Waals surface area contributed by atoms with Gasteiger partial charge in [-0.25, -0.2) is 0 Å². The van der Waals surface area contributed by atoms with E-state index < -0.39 is 5.41 Å². The summed E-state index contributed by atoms with van der Waals surface area (Å²) in [6.45, 7) is 1.93. The second-order valence-corrected chi connectivity index (χ2v) is 4.16. The summed E-state index contributed by atoms with van der Waals surface area (Å²) in [6.07, 6.45) is 3.21. The smallest absolute Gasteiger partial charge is 0.130 e. The monoisotopic (exact) mass is 214 g/mol. The number of benzene rings is 1. The molecule has 2 rings (SSSR count). The molecule has 1 aromatic carbocycles. The molecule has 0 amide bonds. The van der Waals surface area contributed by atoms with Crippen LogP contribution in [-0.2, 0) is 16.6 Å². The van der Waals surface area contributed by atoms with Crippen molar-refractivity contribution in [1.82, 2.24) is 0 Å². The van der Waals surface area contributed by atoms with Gasteiger partial charge in [0, 0.05) is 6.42 Å². The van der Waals surface area contributed by atoms with E-state index in [1.165, 1.54) is 0 Å². The first-order valence-electron chi connectivity index (χ1n) is 5.29. The predicted molar refractivity (Wildman–Crippen MR) is 62.3 cm³/mol. The maximum absolute atomic E-state index is 11.3. The maximum atomic E-state index is 11.3. The second-order valence-electron chi connectivity index (χ2n) is 4.16. The number of carbonyl (C=O) groups is 1. The molecule has 16 heavy (non-hydrogen) atoms. The predicted octanol–water partition coefficient (Wildman–Crippen LogP) is 2.98. The molecule has 0 bridgehead atoms. The lowest BCUT2D eigenvalue weighted by atomic mass is 9.80. The fourth-order valence-electron chi connectivity index (χ4n) is 1.81. The highest BCUT2D eigenvalue weighted by Crippen LogP contribution is 2.26. The van der Waals surface area contributed by atoms with Crippen LogP contribution in [0.4, 0.5) is 0 Å². The maximum Gasteiger partial charge on any atom is 0.130 e. The number of rotatable bonds is 4. The minimum atomic E-state index is -0.515. The van der Waals surface area contributed by atoms with Gasteiger partial charge in [-0.1, -0.05) is 30.3 Å². The molecule has 82 valence electrons. The highest BCUT2D eigenvalue weighted by molar-refractivity contribution is 5.68. The molecule has 2 heteroatoms. The van der Waals surface area contributed by atoms with Crippen LogP contribution < -0.4 is 0 Å². The third kappa shape index (κ3) is 2.06. The van der Waals surface area contributed by atoms with Crippen LogP contribution in [-0.4, -0.2) is 6.29 Å². The quantitative estimate of drug-likeness (QED) is 0.732. The molecule has 0 aliphatic heterocycles. The van der Waals surface area contributed by atoms with Crippen LogP contribution in [0.5, 0.6) is 0 Å². The van der Waals surface area contributed by atoms with Gasteiger partial charge in [0.15, 0.2) is 0 Å². The van der Waals surface area contributed by atoms with Crippen molar-refractivity contribution < 1.29 is 9.21 Å². The van der Waals surface area contributed by atoms with E-state index in [2.05, 4.69) is 0 Å². The fraction of sp³-hybridized carbons (Fsp3) is 0.214. The third-order valence-electron chi connectivity index (χ3n) is 2.81.